The van der Waals surface area contributed by atoms with Crippen molar-refractivity contribution in [3.05, 3.63) is 77.1 Å². The molecule has 0 spiro atoms. The number of Topliss-reactive ketones (excluding diaryl/α,β-unsaturated/α-hetero) is 1. The molecular formula is C30H31F2NO8. The fourth-order valence-corrected chi connectivity index (χ4v) is 4.43. The molecule has 0 unspecified atom stereocenters. The number of carbonyl (C=O) groups excluding carboxylic acids is 3. The van der Waals surface area contributed by atoms with Gasteiger partial charge in [0, 0.05) is 36.7 Å². The maximum atomic E-state index is 14.4. The number of benzene rings is 2. The molecule has 0 aliphatic carbocycles. The van der Waals surface area contributed by atoms with Crippen molar-refractivity contribution in [1.82, 2.24) is 4.98 Å². The number of rotatable bonds is 12. The van der Waals surface area contributed by atoms with Crippen LogP contribution in [-0.2, 0) is 14.3 Å². The highest BCUT2D eigenvalue weighted by atomic mass is 19.1. The monoisotopic (exact) mass is 571 g/mol. The zero-order valence-electron chi connectivity index (χ0n) is 23.5. The van der Waals surface area contributed by atoms with E-state index in [2.05, 4.69) is 4.98 Å². The second-order valence-corrected chi connectivity index (χ2v) is 9.21. The molecule has 0 bridgehead atoms. The minimum absolute atomic E-state index is 0.123. The fraction of sp³-hybridized carbons (Fsp3) is 0.333. The first kappa shape index (κ1) is 31.0. The van der Waals surface area contributed by atoms with Crippen LogP contribution in [0.5, 0.6) is 23.0 Å². The summed E-state index contributed by atoms with van der Waals surface area (Å²) in [5.41, 5.74) is 0.415. The summed E-state index contributed by atoms with van der Waals surface area (Å²) < 4.78 is 55.7. The highest BCUT2D eigenvalue weighted by Crippen LogP contribution is 2.41. The first-order valence-electron chi connectivity index (χ1n) is 12.6. The van der Waals surface area contributed by atoms with Crippen molar-refractivity contribution in [2.75, 3.05) is 21.3 Å². The molecule has 0 aliphatic rings. The van der Waals surface area contributed by atoms with E-state index in [0.717, 1.165) is 0 Å². The number of ketones is 1. The van der Waals surface area contributed by atoms with Gasteiger partial charge in [-0.2, -0.15) is 0 Å². The number of nitrogens with zero attached hydrogens (tertiary/aromatic N) is 1. The summed E-state index contributed by atoms with van der Waals surface area (Å²) in [7, 11) is 4.14. The van der Waals surface area contributed by atoms with Crippen LogP contribution in [-0.4, -0.2) is 50.1 Å². The van der Waals surface area contributed by atoms with Crippen LogP contribution in [0, 0.1) is 17.6 Å². The fourth-order valence-electron chi connectivity index (χ4n) is 4.43. The standard InChI is InChI=1S/C30H31F2NO8/c1-16(13-23(35)28-29(41-18(3)34)26(39-6)11-12-33-28)30(36)40-17(2)27(21-14-19(31)7-9-24(21)37-4)22-15-20(32)8-10-25(22)38-5/h7-12,14-17,27H,13H2,1-6H3/t16-,17+/m1/s1. The second-order valence-electron chi connectivity index (χ2n) is 9.21. The molecular weight excluding hydrogens is 540 g/mol. The summed E-state index contributed by atoms with van der Waals surface area (Å²) in [6.45, 7) is 4.22. The smallest absolute Gasteiger partial charge is 0.309 e. The van der Waals surface area contributed by atoms with Crippen LogP contribution < -0.4 is 18.9 Å². The maximum absolute atomic E-state index is 14.4. The second kappa shape index (κ2) is 13.7. The molecule has 218 valence electrons. The molecule has 1 heterocycles. The van der Waals surface area contributed by atoms with E-state index in [1.807, 2.05) is 0 Å². The van der Waals surface area contributed by atoms with Gasteiger partial charge in [-0.15, -0.1) is 0 Å². The Morgan fingerprint density at radius 1 is 0.829 bits per heavy atom. The Morgan fingerprint density at radius 3 is 1.85 bits per heavy atom. The minimum atomic E-state index is -0.988. The lowest BCUT2D eigenvalue weighted by Gasteiger charge is -2.28. The predicted molar refractivity (Wildman–Crippen MR) is 144 cm³/mol. The van der Waals surface area contributed by atoms with E-state index >= 15 is 0 Å². The van der Waals surface area contributed by atoms with Crippen molar-refractivity contribution in [3.63, 3.8) is 0 Å². The van der Waals surface area contributed by atoms with Crippen LogP contribution in [0.1, 0.15) is 54.7 Å². The van der Waals surface area contributed by atoms with Gasteiger partial charge in [0.05, 0.1) is 33.2 Å². The highest BCUT2D eigenvalue weighted by molar-refractivity contribution is 6.00. The van der Waals surface area contributed by atoms with Gasteiger partial charge in [0.2, 0.25) is 5.75 Å². The summed E-state index contributed by atoms with van der Waals surface area (Å²) in [4.78, 5) is 41.9. The van der Waals surface area contributed by atoms with Crippen molar-refractivity contribution in [1.29, 1.82) is 0 Å². The first-order valence-corrected chi connectivity index (χ1v) is 12.6. The Hall–Kier alpha value is -4.54. The maximum Gasteiger partial charge on any atom is 0.309 e. The molecule has 3 aromatic rings. The molecule has 1 aromatic heterocycles. The summed E-state index contributed by atoms with van der Waals surface area (Å²) in [6.07, 6.45) is -0.0111. The molecule has 2 aromatic carbocycles. The van der Waals surface area contributed by atoms with E-state index in [1.54, 1.807) is 6.92 Å². The molecule has 0 amide bonds. The molecule has 2 atom stereocenters. The van der Waals surface area contributed by atoms with E-state index in [-0.39, 0.29) is 35.1 Å². The first-order chi connectivity index (χ1) is 19.5. The van der Waals surface area contributed by atoms with Crippen molar-refractivity contribution < 1.29 is 46.8 Å². The lowest BCUT2D eigenvalue weighted by atomic mass is 9.85. The van der Waals surface area contributed by atoms with Crippen LogP contribution in [0.3, 0.4) is 0 Å². The highest BCUT2D eigenvalue weighted by Gasteiger charge is 2.33. The third-order valence-corrected chi connectivity index (χ3v) is 6.32. The molecule has 0 saturated heterocycles. The number of carbonyl (C=O) groups is 3. The van der Waals surface area contributed by atoms with E-state index in [0.29, 0.717) is 11.1 Å². The Labute approximate surface area is 236 Å². The number of hydrogen-bond acceptors (Lipinski definition) is 9. The van der Waals surface area contributed by atoms with E-state index in [4.69, 9.17) is 23.7 Å². The van der Waals surface area contributed by atoms with Crippen molar-refractivity contribution >= 4 is 17.7 Å². The van der Waals surface area contributed by atoms with Gasteiger partial charge >= 0.3 is 11.9 Å². The van der Waals surface area contributed by atoms with Gasteiger partial charge in [0.1, 0.15) is 29.2 Å². The predicted octanol–water partition coefficient (Wildman–Crippen LogP) is 5.28. The molecule has 0 fully saturated rings. The quantitative estimate of drug-likeness (QED) is 0.212. The van der Waals surface area contributed by atoms with Gasteiger partial charge in [-0.3, -0.25) is 14.4 Å². The van der Waals surface area contributed by atoms with Crippen LogP contribution in [0.2, 0.25) is 0 Å². The number of hydrogen-bond donors (Lipinski definition) is 0. The van der Waals surface area contributed by atoms with Gasteiger partial charge in [-0.05, 0) is 43.3 Å². The van der Waals surface area contributed by atoms with Crippen LogP contribution in [0.15, 0.2) is 48.7 Å². The average Bonchev–Trinajstić information content (AvgIpc) is 2.93. The molecule has 11 heteroatoms. The molecule has 0 radical (unpaired) electrons. The summed E-state index contributed by atoms with van der Waals surface area (Å²) in [5.74, 6) is -4.50. The number of halogens is 2. The number of aromatic nitrogens is 1. The number of pyridine rings is 1. The van der Waals surface area contributed by atoms with Crippen molar-refractivity contribution in [3.8, 4) is 23.0 Å². The number of esters is 2. The van der Waals surface area contributed by atoms with Crippen molar-refractivity contribution in [2.45, 2.75) is 39.2 Å². The SMILES string of the molecule is COc1ccc(F)cc1C(c1cc(F)ccc1OC)[C@H](C)OC(=O)[C@H](C)CC(=O)c1nccc(OC)c1OC(C)=O. The van der Waals surface area contributed by atoms with Gasteiger partial charge in [-0.1, -0.05) is 6.92 Å². The molecule has 41 heavy (non-hydrogen) atoms. The van der Waals surface area contributed by atoms with E-state index in [9.17, 15) is 23.2 Å². The number of methoxy groups -OCH3 is 3. The summed E-state index contributed by atoms with van der Waals surface area (Å²) >= 11 is 0. The molecule has 0 saturated carbocycles. The summed E-state index contributed by atoms with van der Waals surface area (Å²) in [6, 6.07) is 9.12. The zero-order chi connectivity index (χ0) is 30.3. The average molecular weight is 572 g/mol. The molecule has 0 N–H and O–H groups in total. The van der Waals surface area contributed by atoms with Crippen LogP contribution in [0.25, 0.3) is 0 Å². The topological polar surface area (TPSA) is 110 Å². The third-order valence-electron chi connectivity index (χ3n) is 6.32. The van der Waals surface area contributed by atoms with Gasteiger partial charge < -0.3 is 23.7 Å². The van der Waals surface area contributed by atoms with Gasteiger partial charge in [-0.25, -0.2) is 13.8 Å². The lowest BCUT2D eigenvalue weighted by molar-refractivity contribution is -0.153. The Balaban J connectivity index is 1.92. The Kier molecular flexibility index (Phi) is 10.3. The number of ether oxygens (including phenoxy) is 5. The van der Waals surface area contributed by atoms with E-state index < -0.39 is 47.3 Å². The van der Waals surface area contributed by atoms with Crippen LogP contribution in [0.4, 0.5) is 8.78 Å². The Morgan fingerprint density at radius 2 is 1.37 bits per heavy atom. The molecule has 0 aliphatic heterocycles. The lowest BCUT2D eigenvalue weighted by Crippen LogP contribution is -2.28. The van der Waals surface area contributed by atoms with Gasteiger partial charge in [0.25, 0.3) is 0 Å². The largest absolute Gasteiger partial charge is 0.496 e. The Bertz CT molecular complexity index is 1370. The van der Waals surface area contributed by atoms with E-state index in [1.165, 1.54) is 83.8 Å². The van der Waals surface area contributed by atoms with Gasteiger partial charge in [0.15, 0.2) is 17.2 Å². The molecule has 3 rings (SSSR count). The normalized spacial score (nSPS) is 12.3. The van der Waals surface area contributed by atoms with Crippen molar-refractivity contribution in [2.24, 2.45) is 5.92 Å². The van der Waals surface area contributed by atoms with Crippen LogP contribution >= 0.6 is 0 Å². The molecule has 9 nitrogen and oxygen atoms in total. The third kappa shape index (κ3) is 7.36. The minimum Gasteiger partial charge on any atom is -0.496 e. The summed E-state index contributed by atoms with van der Waals surface area (Å²) in [5, 5.41) is 0. The zero-order valence-corrected chi connectivity index (χ0v) is 23.5.